The first-order valence-electron chi connectivity index (χ1n) is 9.90. The molecule has 0 radical (unpaired) electrons. The minimum absolute atomic E-state index is 0.0312. The fourth-order valence-electron chi connectivity index (χ4n) is 3.65. The van der Waals surface area contributed by atoms with Gasteiger partial charge in [0, 0.05) is 18.7 Å². The molecular formula is C22H22ClFN4O2. The normalized spacial score (nSPS) is 17.1. The van der Waals surface area contributed by atoms with E-state index in [0.29, 0.717) is 35.4 Å². The number of amides is 1. The predicted molar refractivity (Wildman–Crippen MR) is 111 cm³/mol. The molecule has 1 aliphatic heterocycles. The first-order valence-corrected chi connectivity index (χ1v) is 10.3. The van der Waals surface area contributed by atoms with Crippen LogP contribution in [0.25, 0.3) is 11.4 Å². The van der Waals surface area contributed by atoms with E-state index in [4.69, 9.17) is 16.1 Å². The molecule has 1 fully saturated rings. The van der Waals surface area contributed by atoms with Gasteiger partial charge in [-0.05, 0) is 49.2 Å². The van der Waals surface area contributed by atoms with Crippen molar-refractivity contribution in [1.29, 1.82) is 0 Å². The first kappa shape index (κ1) is 20.5. The number of hydrogen-bond acceptors (Lipinski definition) is 5. The van der Waals surface area contributed by atoms with Crippen LogP contribution in [0.1, 0.15) is 24.3 Å². The summed E-state index contributed by atoms with van der Waals surface area (Å²) in [7, 11) is 0. The Morgan fingerprint density at radius 1 is 1.23 bits per heavy atom. The molecule has 6 nitrogen and oxygen atoms in total. The number of benzene rings is 2. The summed E-state index contributed by atoms with van der Waals surface area (Å²) in [6, 6.07) is 13.7. The van der Waals surface area contributed by atoms with Crippen molar-refractivity contribution in [2.75, 3.05) is 13.1 Å². The zero-order chi connectivity index (χ0) is 20.9. The third kappa shape index (κ3) is 5.04. The lowest BCUT2D eigenvalue weighted by Gasteiger charge is -2.31. The number of piperidine rings is 1. The molecule has 2 heterocycles. The molecule has 1 aromatic heterocycles. The lowest BCUT2D eigenvalue weighted by Crippen LogP contribution is -2.42. The number of halogens is 2. The molecule has 0 spiro atoms. The average Bonchev–Trinajstić information content (AvgIpc) is 3.23. The number of rotatable bonds is 6. The van der Waals surface area contributed by atoms with E-state index in [-0.39, 0.29) is 24.2 Å². The molecule has 0 bridgehead atoms. The minimum atomic E-state index is -0.242. The number of hydrogen-bond donors (Lipinski definition) is 1. The molecule has 4 rings (SSSR count). The lowest BCUT2D eigenvalue weighted by atomic mass is 9.96. The Kier molecular flexibility index (Phi) is 6.40. The van der Waals surface area contributed by atoms with Crippen LogP contribution in [-0.2, 0) is 17.9 Å². The molecule has 1 amide bonds. The summed E-state index contributed by atoms with van der Waals surface area (Å²) in [5.41, 5.74) is 1.72. The molecule has 1 atom stereocenters. The molecule has 156 valence electrons. The smallest absolute Gasteiger partial charge is 0.246 e. The van der Waals surface area contributed by atoms with Gasteiger partial charge in [0.05, 0.1) is 17.5 Å². The zero-order valence-electron chi connectivity index (χ0n) is 16.4. The van der Waals surface area contributed by atoms with Gasteiger partial charge < -0.3 is 9.84 Å². The van der Waals surface area contributed by atoms with Gasteiger partial charge in [0.15, 0.2) is 0 Å². The lowest BCUT2D eigenvalue weighted by molar-refractivity contribution is -0.127. The summed E-state index contributed by atoms with van der Waals surface area (Å²) in [5, 5.41) is 7.38. The maximum Gasteiger partial charge on any atom is 0.246 e. The highest BCUT2D eigenvalue weighted by Crippen LogP contribution is 2.25. The molecule has 8 heteroatoms. The SMILES string of the molecule is O=C(NCc1nc(-c2ccccc2Cl)no1)C1CCCN(Cc2ccc(F)cc2)C1. The van der Waals surface area contributed by atoms with Crippen molar-refractivity contribution in [3.8, 4) is 11.4 Å². The van der Waals surface area contributed by atoms with Gasteiger partial charge in [0.1, 0.15) is 5.82 Å². The maximum absolute atomic E-state index is 13.1. The van der Waals surface area contributed by atoms with Crippen LogP contribution in [0.5, 0.6) is 0 Å². The Labute approximate surface area is 179 Å². The van der Waals surface area contributed by atoms with Crippen LogP contribution in [0.15, 0.2) is 53.1 Å². The van der Waals surface area contributed by atoms with E-state index in [1.54, 1.807) is 18.2 Å². The summed E-state index contributed by atoms with van der Waals surface area (Å²) in [5.74, 6) is 0.347. The first-order chi connectivity index (χ1) is 14.6. The summed E-state index contributed by atoms with van der Waals surface area (Å²) in [4.78, 5) is 19.2. The highest BCUT2D eigenvalue weighted by atomic mass is 35.5. The third-order valence-electron chi connectivity index (χ3n) is 5.19. The second-order valence-electron chi connectivity index (χ2n) is 7.41. The van der Waals surface area contributed by atoms with Crippen molar-refractivity contribution < 1.29 is 13.7 Å². The molecule has 1 saturated heterocycles. The van der Waals surface area contributed by atoms with Gasteiger partial charge in [-0.2, -0.15) is 4.98 Å². The second kappa shape index (κ2) is 9.36. The number of carbonyl (C=O) groups is 1. The summed E-state index contributed by atoms with van der Waals surface area (Å²) < 4.78 is 18.3. The van der Waals surface area contributed by atoms with E-state index in [2.05, 4.69) is 20.4 Å². The topological polar surface area (TPSA) is 71.3 Å². The molecule has 0 saturated carbocycles. The van der Waals surface area contributed by atoms with Gasteiger partial charge in [0.2, 0.25) is 17.6 Å². The molecule has 1 N–H and O–H groups in total. The molecule has 1 aliphatic rings. The van der Waals surface area contributed by atoms with Crippen molar-refractivity contribution in [3.63, 3.8) is 0 Å². The van der Waals surface area contributed by atoms with Crippen LogP contribution in [0, 0.1) is 11.7 Å². The Hall–Kier alpha value is -2.77. The van der Waals surface area contributed by atoms with E-state index in [9.17, 15) is 9.18 Å². The molecule has 0 aliphatic carbocycles. The van der Waals surface area contributed by atoms with Crippen LogP contribution in [0.2, 0.25) is 5.02 Å². The summed E-state index contributed by atoms with van der Waals surface area (Å²) >= 11 is 6.16. The van der Waals surface area contributed by atoms with Crippen LogP contribution >= 0.6 is 11.6 Å². The number of nitrogens with one attached hydrogen (secondary N) is 1. The molecule has 1 unspecified atom stereocenters. The van der Waals surface area contributed by atoms with Gasteiger partial charge in [-0.3, -0.25) is 9.69 Å². The second-order valence-corrected chi connectivity index (χ2v) is 7.82. The average molecular weight is 429 g/mol. The number of nitrogens with zero attached hydrogens (tertiary/aromatic N) is 3. The Balaban J connectivity index is 1.30. The highest BCUT2D eigenvalue weighted by molar-refractivity contribution is 6.33. The molecular weight excluding hydrogens is 407 g/mol. The quantitative estimate of drug-likeness (QED) is 0.641. The van der Waals surface area contributed by atoms with Crippen molar-refractivity contribution in [3.05, 3.63) is 70.8 Å². The van der Waals surface area contributed by atoms with Gasteiger partial charge in [-0.1, -0.05) is 41.0 Å². The fourth-order valence-corrected chi connectivity index (χ4v) is 3.87. The molecule has 3 aromatic rings. The maximum atomic E-state index is 13.1. The standard InChI is InChI=1S/C22H22ClFN4O2/c23-19-6-2-1-5-18(19)21-26-20(30-27-21)12-25-22(29)16-4-3-11-28(14-16)13-15-7-9-17(24)10-8-15/h1-2,5-10,16H,3-4,11-14H2,(H,25,29). The van der Waals surface area contributed by atoms with Crippen molar-refractivity contribution in [1.82, 2.24) is 20.4 Å². The summed E-state index contributed by atoms with van der Waals surface area (Å²) in [6.07, 6.45) is 1.77. The monoisotopic (exact) mass is 428 g/mol. The summed E-state index contributed by atoms with van der Waals surface area (Å²) in [6.45, 7) is 2.46. The van der Waals surface area contributed by atoms with Gasteiger partial charge >= 0.3 is 0 Å². The van der Waals surface area contributed by atoms with Crippen LogP contribution in [-0.4, -0.2) is 34.0 Å². The van der Waals surface area contributed by atoms with E-state index >= 15 is 0 Å². The minimum Gasteiger partial charge on any atom is -0.347 e. The van der Waals surface area contributed by atoms with Crippen LogP contribution in [0.3, 0.4) is 0 Å². The van der Waals surface area contributed by atoms with Crippen molar-refractivity contribution >= 4 is 17.5 Å². The molecule has 30 heavy (non-hydrogen) atoms. The van der Waals surface area contributed by atoms with E-state index in [1.807, 2.05) is 18.2 Å². The Morgan fingerprint density at radius 2 is 2.03 bits per heavy atom. The van der Waals surface area contributed by atoms with Crippen LogP contribution in [0.4, 0.5) is 4.39 Å². The third-order valence-corrected chi connectivity index (χ3v) is 5.52. The predicted octanol–water partition coefficient (Wildman–Crippen LogP) is 4.06. The van der Waals surface area contributed by atoms with Crippen molar-refractivity contribution in [2.24, 2.45) is 5.92 Å². The van der Waals surface area contributed by atoms with E-state index < -0.39 is 0 Å². The van der Waals surface area contributed by atoms with Crippen LogP contribution < -0.4 is 5.32 Å². The highest BCUT2D eigenvalue weighted by Gasteiger charge is 2.26. The largest absolute Gasteiger partial charge is 0.347 e. The van der Waals surface area contributed by atoms with Gasteiger partial charge in [-0.15, -0.1) is 0 Å². The van der Waals surface area contributed by atoms with E-state index in [1.165, 1.54) is 12.1 Å². The zero-order valence-corrected chi connectivity index (χ0v) is 17.1. The molecule has 2 aromatic carbocycles. The van der Waals surface area contributed by atoms with Gasteiger partial charge in [-0.25, -0.2) is 4.39 Å². The fraction of sp³-hybridized carbons (Fsp3) is 0.318. The number of aromatic nitrogens is 2. The van der Waals surface area contributed by atoms with Gasteiger partial charge in [0.25, 0.3) is 0 Å². The number of carbonyl (C=O) groups excluding carboxylic acids is 1. The van der Waals surface area contributed by atoms with E-state index in [0.717, 1.165) is 24.9 Å². The Bertz CT molecular complexity index is 1010. The Morgan fingerprint density at radius 3 is 2.83 bits per heavy atom. The number of likely N-dealkylation sites (tertiary alicyclic amines) is 1. The van der Waals surface area contributed by atoms with Crippen molar-refractivity contribution in [2.45, 2.75) is 25.9 Å².